The van der Waals surface area contributed by atoms with Crippen LogP contribution in [0.1, 0.15) is 41.2 Å². The fourth-order valence-electron chi connectivity index (χ4n) is 4.36. The fourth-order valence-corrected chi connectivity index (χ4v) is 4.36. The van der Waals surface area contributed by atoms with Crippen molar-refractivity contribution in [2.75, 3.05) is 13.2 Å². The number of halogens is 3. The van der Waals surface area contributed by atoms with Gasteiger partial charge in [-0.3, -0.25) is 0 Å². The summed E-state index contributed by atoms with van der Waals surface area (Å²) in [5.74, 6) is 1.33. The van der Waals surface area contributed by atoms with Gasteiger partial charge in [-0.1, -0.05) is 79.7 Å². The number of hydrogen-bond acceptors (Lipinski definition) is 3. The Morgan fingerprint density at radius 1 is 0.711 bits per heavy atom. The SMILES string of the molecule is CCC(=C(c1ccc(OCCN)cc1)c1ccc(OCc2ccccc2)cc1)c1ccccc1C(F)(F)F. The average molecular weight is 518 g/mol. The molecule has 196 valence electrons. The molecule has 0 aliphatic rings. The minimum atomic E-state index is -4.48. The molecule has 0 heterocycles. The second kappa shape index (κ2) is 12.5. The Kier molecular flexibility index (Phi) is 8.87. The minimum Gasteiger partial charge on any atom is -0.492 e. The van der Waals surface area contributed by atoms with Gasteiger partial charge in [0, 0.05) is 6.54 Å². The smallest absolute Gasteiger partial charge is 0.416 e. The maximum Gasteiger partial charge on any atom is 0.416 e. The number of allylic oxidation sites excluding steroid dienone is 1. The first-order valence-electron chi connectivity index (χ1n) is 12.5. The molecule has 0 unspecified atom stereocenters. The normalized spacial score (nSPS) is 12.1. The first-order chi connectivity index (χ1) is 18.4. The lowest BCUT2D eigenvalue weighted by atomic mass is 9.86. The molecule has 0 atom stereocenters. The van der Waals surface area contributed by atoms with E-state index in [2.05, 4.69) is 0 Å². The average Bonchev–Trinajstić information content (AvgIpc) is 2.94. The topological polar surface area (TPSA) is 44.5 Å². The highest BCUT2D eigenvalue weighted by Crippen LogP contribution is 2.41. The van der Waals surface area contributed by atoms with Crippen LogP contribution in [-0.4, -0.2) is 13.2 Å². The predicted octanol–water partition coefficient (Wildman–Crippen LogP) is 7.99. The molecule has 0 spiro atoms. The van der Waals surface area contributed by atoms with Gasteiger partial charge < -0.3 is 15.2 Å². The van der Waals surface area contributed by atoms with Gasteiger partial charge in [0.25, 0.3) is 0 Å². The summed E-state index contributed by atoms with van der Waals surface area (Å²) >= 11 is 0. The molecule has 0 saturated carbocycles. The van der Waals surface area contributed by atoms with Crippen molar-refractivity contribution in [3.8, 4) is 11.5 Å². The molecular weight excluding hydrogens is 487 g/mol. The van der Waals surface area contributed by atoms with Gasteiger partial charge >= 0.3 is 6.18 Å². The Hall–Kier alpha value is -4.03. The van der Waals surface area contributed by atoms with E-state index < -0.39 is 11.7 Å². The molecule has 38 heavy (non-hydrogen) atoms. The molecule has 4 aromatic carbocycles. The molecular formula is C32H30F3NO2. The summed E-state index contributed by atoms with van der Waals surface area (Å²) in [4.78, 5) is 0. The summed E-state index contributed by atoms with van der Waals surface area (Å²) in [5.41, 5.74) is 9.01. The molecule has 0 fully saturated rings. The van der Waals surface area contributed by atoms with Gasteiger partial charge in [-0.25, -0.2) is 0 Å². The number of benzene rings is 4. The van der Waals surface area contributed by atoms with E-state index in [4.69, 9.17) is 15.2 Å². The monoisotopic (exact) mass is 517 g/mol. The van der Waals surface area contributed by atoms with Gasteiger partial charge in [0.2, 0.25) is 0 Å². The number of rotatable bonds is 10. The quantitative estimate of drug-likeness (QED) is 0.217. The van der Waals surface area contributed by atoms with Gasteiger partial charge in [0.1, 0.15) is 24.7 Å². The fraction of sp³-hybridized carbons (Fsp3) is 0.188. The third kappa shape index (κ3) is 6.64. The molecule has 0 radical (unpaired) electrons. The lowest BCUT2D eigenvalue weighted by Crippen LogP contribution is -2.10. The zero-order chi connectivity index (χ0) is 27.0. The van der Waals surface area contributed by atoms with E-state index in [0.717, 1.165) is 28.3 Å². The van der Waals surface area contributed by atoms with Crippen molar-refractivity contribution < 1.29 is 22.6 Å². The maximum absolute atomic E-state index is 14.0. The Morgan fingerprint density at radius 2 is 1.26 bits per heavy atom. The lowest BCUT2D eigenvalue weighted by Gasteiger charge is -2.20. The van der Waals surface area contributed by atoms with E-state index in [1.165, 1.54) is 12.1 Å². The molecule has 3 nitrogen and oxygen atoms in total. The number of alkyl halides is 3. The number of hydrogen-bond donors (Lipinski definition) is 1. The first kappa shape index (κ1) is 27.0. The van der Waals surface area contributed by atoms with Gasteiger partial charge in [-0.15, -0.1) is 0 Å². The zero-order valence-corrected chi connectivity index (χ0v) is 21.2. The van der Waals surface area contributed by atoms with Crippen molar-refractivity contribution in [2.24, 2.45) is 5.73 Å². The van der Waals surface area contributed by atoms with Crippen molar-refractivity contribution in [3.63, 3.8) is 0 Å². The second-order valence-electron chi connectivity index (χ2n) is 8.71. The molecule has 4 aromatic rings. The highest BCUT2D eigenvalue weighted by molar-refractivity contribution is 5.99. The molecule has 2 N–H and O–H groups in total. The highest BCUT2D eigenvalue weighted by atomic mass is 19.4. The lowest BCUT2D eigenvalue weighted by molar-refractivity contribution is -0.137. The molecule has 0 aromatic heterocycles. The third-order valence-electron chi connectivity index (χ3n) is 6.13. The van der Waals surface area contributed by atoms with Crippen molar-refractivity contribution in [1.29, 1.82) is 0 Å². The van der Waals surface area contributed by atoms with Crippen LogP contribution in [0.2, 0.25) is 0 Å². The van der Waals surface area contributed by atoms with Crippen LogP contribution in [0, 0.1) is 0 Å². The van der Waals surface area contributed by atoms with Gasteiger partial charge in [0.15, 0.2) is 0 Å². The molecule has 4 rings (SSSR count). The van der Waals surface area contributed by atoms with Crippen LogP contribution < -0.4 is 15.2 Å². The minimum absolute atomic E-state index is 0.172. The van der Waals surface area contributed by atoms with E-state index in [9.17, 15) is 13.2 Å². The second-order valence-corrected chi connectivity index (χ2v) is 8.71. The summed E-state index contributed by atoms with van der Waals surface area (Å²) < 4.78 is 53.5. The number of ether oxygens (including phenoxy) is 2. The summed E-state index contributed by atoms with van der Waals surface area (Å²) in [6.45, 7) is 3.07. The Bertz CT molecular complexity index is 1350. The van der Waals surface area contributed by atoms with Crippen LogP contribution in [-0.2, 0) is 12.8 Å². The van der Waals surface area contributed by atoms with Crippen molar-refractivity contribution in [3.05, 3.63) is 131 Å². The van der Waals surface area contributed by atoms with Crippen LogP contribution in [0.5, 0.6) is 11.5 Å². The maximum atomic E-state index is 14.0. The van der Waals surface area contributed by atoms with Crippen LogP contribution in [0.4, 0.5) is 13.2 Å². The van der Waals surface area contributed by atoms with Gasteiger partial charge in [0.05, 0.1) is 5.56 Å². The number of nitrogens with two attached hydrogens (primary N) is 1. The van der Waals surface area contributed by atoms with E-state index in [1.807, 2.05) is 85.8 Å². The van der Waals surface area contributed by atoms with Crippen LogP contribution in [0.15, 0.2) is 103 Å². The standard InChI is InChI=1S/C32H30F3NO2/c1-2-28(29-10-6-7-11-30(29)32(33,34)35)31(24-12-16-26(17-13-24)37-21-20-36)25-14-18-27(19-15-25)38-22-23-8-4-3-5-9-23/h3-19H,2,20-22,36H2,1H3. The van der Waals surface area contributed by atoms with Crippen molar-refractivity contribution in [2.45, 2.75) is 26.1 Å². The predicted molar refractivity (Wildman–Crippen MR) is 146 cm³/mol. The summed E-state index contributed by atoms with van der Waals surface area (Å²) in [6.07, 6.45) is -4.07. The van der Waals surface area contributed by atoms with Crippen LogP contribution in [0.25, 0.3) is 11.1 Å². The van der Waals surface area contributed by atoms with E-state index in [-0.39, 0.29) is 5.56 Å². The first-order valence-corrected chi connectivity index (χ1v) is 12.5. The van der Waals surface area contributed by atoms with E-state index in [0.29, 0.717) is 43.3 Å². The zero-order valence-electron chi connectivity index (χ0n) is 21.2. The van der Waals surface area contributed by atoms with Gasteiger partial charge in [-0.2, -0.15) is 13.2 Å². The molecule has 0 amide bonds. The Morgan fingerprint density at radius 3 is 1.82 bits per heavy atom. The molecule has 0 aliphatic carbocycles. The molecule has 0 bridgehead atoms. The van der Waals surface area contributed by atoms with Crippen molar-refractivity contribution in [1.82, 2.24) is 0 Å². The summed E-state index contributed by atoms with van der Waals surface area (Å²) in [7, 11) is 0. The summed E-state index contributed by atoms with van der Waals surface area (Å²) in [6, 6.07) is 30.4. The van der Waals surface area contributed by atoms with Crippen molar-refractivity contribution >= 4 is 11.1 Å². The molecule has 0 aliphatic heterocycles. The molecule has 0 saturated heterocycles. The summed E-state index contributed by atoms with van der Waals surface area (Å²) in [5, 5.41) is 0. The largest absolute Gasteiger partial charge is 0.492 e. The van der Waals surface area contributed by atoms with Crippen LogP contribution in [0.3, 0.4) is 0 Å². The van der Waals surface area contributed by atoms with Gasteiger partial charge in [-0.05, 0) is 70.2 Å². The molecule has 6 heteroatoms. The van der Waals surface area contributed by atoms with Crippen LogP contribution >= 0.6 is 0 Å². The van der Waals surface area contributed by atoms with E-state index >= 15 is 0 Å². The Balaban J connectivity index is 1.78. The highest BCUT2D eigenvalue weighted by Gasteiger charge is 2.34. The third-order valence-corrected chi connectivity index (χ3v) is 6.13. The van der Waals surface area contributed by atoms with E-state index in [1.54, 1.807) is 6.07 Å². The Labute approximate surface area is 221 Å².